The predicted octanol–water partition coefficient (Wildman–Crippen LogP) is 8.45. The van der Waals surface area contributed by atoms with Crippen LogP contribution in [0.1, 0.15) is 76.6 Å². The molecule has 222 valence electrons. The number of rotatable bonds is 9. The molecule has 1 aliphatic rings. The van der Waals surface area contributed by atoms with Gasteiger partial charge in [0.05, 0.1) is 24.1 Å². The van der Waals surface area contributed by atoms with Crippen LogP contribution in [0.15, 0.2) is 59.6 Å². The second-order valence-electron chi connectivity index (χ2n) is 12.8. The third kappa shape index (κ3) is 6.10. The smallest absolute Gasteiger partial charge is 0.141 e. The first kappa shape index (κ1) is 30.6. The Bertz CT molecular complexity index is 1630. The third-order valence-electron chi connectivity index (χ3n) is 9.09. The predicted molar refractivity (Wildman–Crippen MR) is 179 cm³/mol. The molecule has 0 spiro atoms. The molecule has 2 N–H and O–H groups in total. The Morgan fingerprint density at radius 2 is 1.64 bits per heavy atom. The molecule has 0 radical (unpaired) electrons. The van der Waals surface area contributed by atoms with E-state index in [9.17, 15) is 0 Å². The Morgan fingerprint density at radius 1 is 0.929 bits per heavy atom. The molecule has 1 heterocycles. The van der Waals surface area contributed by atoms with E-state index in [1.54, 1.807) is 6.07 Å². The minimum absolute atomic E-state index is 0.0976. The summed E-state index contributed by atoms with van der Waals surface area (Å²) in [5.41, 5.74) is 14.4. The molecule has 5 nitrogen and oxygen atoms in total. The van der Waals surface area contributed by atoms with Crippen LogP contribution in [0.2, 0.25) is 10.0 Å². The molecule has 1 aliphatic carbocycles. The summed E-state index contributed by atoms with van der Waals surface area (Å²) in [6, 6.07) is 18.8. The number of halogens is 2. The van der Waals surface area contributed by atoms with Crippen LogP contribution in [0.3, 0.4) is 0 Å². The van der Waals surface area contributed by atoms with E-state index in [4.69, 9.17) is 33.9 Å². The van der Waals surface area contributed by atoms with E-state index >= 15 is 0 Å². The van der Waals surface area contributed by atoms with Gasteiger partial charge in [-0.3, -0.25) is 4.99 Å². The molecule has 0 saturated carbocycles. The highest BCUT2D eigenvalue weighted by molar-refractivity contribution is 6.35. The number of aromatic nitrogens is 2. The van der Waals surface area contributed by atoms with E-state index in [0.717, 1.165) is 59.6 Å². The molecule has 0 amide bonds. The third-order valence-corrected chi connectivity index (χ3v) is 9.68. The number of aliphatic imine (C=N–C) groups is 1. The van der Waals surface area contributed by atoms with E-state index in [0.29, 0.717) is 29.0 Å². The Morgan fingerprint density at radius 3 is 2.33 bits per heavy atom. The van der Waals surface area contributed by atoms with Crippen molar-refractivity contribution >= 4 is 40.1 Å². The molecule has 0 saturated heterocycles. The molecule has 0 aliphatic heterocycles. The Kier molecular flexibility index (Phi) is 8.76. The lowest BCUT2D eigenvalue weighted by molar-refractivity contribution is 0.313. The number of nitrogens with two attached hydrogens (primary N) is 1. The zero-order valence-electron chi connectivity index (χ0n) is 25.8. The molecule has 3 aromatic carbocycles. The first-order valence-electron chi connectivity index (χ1n) is 15.1. The number of nitrogens with zero attached hydrogens (tertiary/aromatic N) is 4. The van der Waals surface area contributed by atoms with Crippen molar-refractivity contribution in [2.24, 2.45) is 10.7 Å². The van der Waals surface area contributed by atoms with E-state index in [2.05, 4.69) is 86.3 Å². The zero-order chi connectivity index (χ0) is 30.2. The topological polar surface area (TPSA) is 59.4 Å². The van der Waals surface area contributed by atoms with Gasteiger partial charge in [-0.05, 0) is 89.8 Å². The highest BCUT2D eigenvalue weighted by atomic mass is 35.5. The van der Waals surface area contributed by atoms with Gasteiger partial charge in [0, 0.05) is 27.7 Å². The maximum atomic E-state index is 6.66. The summed E-state index contributed by atoms with van der Waals surface area (Å²) in [6.45, 7) is 17.9. The molecule has 42 heavy (non-hydrogen) atoms. The molecule has 0 unspecified atom stereocenters. The standard InChI is InChI=1S/C35H43Cl2N5/c1-7-41(8-2)18-17-39-32(38)23-11-14-31-30(20-23)40-33(42(31)22-25-9-12-26(36)21-29(25)37)24-10-13-27-28(19-24)35(5,6)16-15-34(27,3)4/h9-14,19-21H,7-8,15-18,22H2,1-6H3,(H2,38,39). The number of imidazole rings is 1. The average molecular weight is 605 g/mol. The molecular formula is C35H43Cl2N5. The van der Waals surface area contributed by atoms with Gasteiger partial charge in [-0.25, -0.2) is 4.98 Å². The van der Waals surface area contributed by atoms with Crippen molar-refractivity contribution in [1.29, 1.82) is 0 Å². The van der Waals surface area contributed by atoms with Gasteiger partial charge in [0.1, 0.15) is 11.7 Å². The first-order chi connectivity index (χ1) is 19.9. The summed E-state index contributed by atoms with van der Waals surface area (Å²) in [5.74, 6) is 1.45. The highest BCUT2D eigenvalue weighted by Crippen LogP contribution is 2.47. The lowest BCUT2D eigenvalue weighted by atomic mass is 9.63. The van der Waals surface area contributed by atoms with Crippen molar-refractivity contribution in [3.8, 4) is 11.4 Å². The van der Waals surface area contributed by atoms with Gasteiger partial charge in [0.25, 0.3) is 0 Å². The van der Waals surface area contributed by atoms with Crippen LogP contribution in [0, 0.1) is 0 Å². The van der Waals surface area contributed by atoms with Crippen molar-refractivity contribution < 1.29 is 0 Å². The summed E-state index contributed by atoms with van der Waals surface area (Å²) in [4.78, 5) is 12.2. The minimum atomic E-state index is 0.0976. The number of benzene rings is 3. The SMILES string of the molecule is CCN(CC)CCN=C(N)c1ccc2c(c1)nc(-c1ccc3c(c1)C(C)(C)CCC3(C)C)n2Cc1ccc(Cl)cc1Cl. The van der Waals surface area contributed by atoms with E-state index in [1.807, 2.05) is 18.2 Å². The minimum Gasteiger partial charge on any atom is -0.384 e. The van der Waals surface area contributed by atoms with Crippen molar-refractivity contribution in [3.05, 3.63) is 86.9 Å². The Balaban J connectivity index is 1.61. The monoisotopic (exact) mass is 603 g/mol. The summed E-state index contributed by atoms with van der Waals surface area (Å²) < 4.78 is 2.25. The van der Waals surface area contributed by atoms with E-state index in [1.165, 1.54) is 17.5 Å². The van der Waals surface area contributed by atoms with Gasteiger partial charge >= 0.3 is 0 Å². The lowest BCUT2D eigenvalue weighted by Gasteiger charge is -2.42. The van der Waals surface area contributed by atoms with Crippen LogP contribution in [0.4, 0.5) is 0 Å². The number of hydrogen-bond acceptors (Lipinski definition) is 3. The highest BCUT2D eigenvalue weighted by Gasteiger charge is 2.37. The molecule has 0 bridgehead atoms. The lowest BCUT2D eigenvalue weighted by Crippen LogP contribution is -2.33. The van der Waals surface area contributed by atoms with E-state index < -0.39 is 0 Å². The fourth-order valence-corrected chi connectivity index (χ4v) is 6.63. The van der Waals surface area contributed by atoms with Crippen LogP contribution < -0.4 is 5.73 Å². The Hall–Kier alpha value is -2.86. The summed E-state index contributed by atoms with van der Waals surface area (Å²) in [6.07, 6.45) is 2.34. The van der Waals surface area contributed by atoms with E-state index in [-0.39, 0.29) is 10.8 Å². The summed E-state index contributed by atoms with van der Waals surface area (Å²) >= 11 is 12.9. The van der Waals surface area contributed by atoms with Gasteiger partial charge < -0.3 is 15.2 Å². The number of amidine groups is 1. The molecule has 5 rings (SSSR count). The van der Waals surface area contributed by atoms with Gasteiger partial charge in [-0.2, -0.15) is 0 Å². The normalized spacial score (nSPS) is 16.3. The van der Waals surface area contributed by atoms with Crippen LogP contribution in [-0.2, 0) is 17.4 Å². The maximum Gasteiger partial charge on any atom is 0.141 e. The average Bonchev–Trinajstić information content (AvgIpc) is 3.32. The summed E-state index contributed by atoms with van der Waals surface area (Å²) in [5, 5.41) is 1.27. The quantitative estimate of drug-likeness (QED) is 0.154. The fourth-order valence-electron chi connectivity index (χ4n) is 6.16. The zero-order valence-corrected chi connectivity index (χ0v) is 27.3. The summed E-state index contributed by atoms with van der Waals surface area (Å²) in [7, 11) is 0. The maximum absolute atomic E-state index is 6.66. The fraction of sp³-hybridized carbons (Fsp3) is 0.429. The van der Waals surface area contributed by atoms with Crippen molar-refractivity contribution in [3.63, 3.8) is 0 Å². The Labute approximate surface area is 260 Å². The van der Waals surface area contributed by atoms with Crippen molar-refractivity contribution in [1.82, 2.24) is 14.5 Å². The number of likely N-dealkylation sites (N-methyl/N-ethyl adjacent to an activating group) is 1. The second kappa shape index (κ2) is 12.0. The molecule has 7 heteroatoms. The van der Waals surface area contributed by atoms with Crippen LogP contribution in [0.5, 0.6) is 0 Å². The van der Waals surface area contributed by atoms with Gasteiger partial charge in [0.15, 0.2) is 0 Å². The molecule has 4 aromatic rings. The first-order valence-corrected chi connectivity index (χ1v) is 15.8. The van der Waals surface area contributed by atoms with Crippen LogP contribution in [-0.4, -0.2) is 46.5 Å². The van der Waals surface area contributed by atoms with Gasteiger partial charge in [-0.1, -0.05) is 82.9 Å². The van der Waals surface area contributed by atoms with Crippen LogP contribution in [0.25, 0.3) is 22.4 Å². The van der Waals surface area contributed by atoms with Gasteiger partial charge in [0.2, 0.25) is 0 Å². The van der Waals surface area contributed by atoms with Crippen LogP contribution >= 0.6 is 23.2 Å². The molecule has 0 fully saturated rings. The molecular weight excluding hydrogens is 561 g/mol. The second-order valence-corrected chi connectivity index (χ2v) is 13.6. The number of hydrogen-bond donors (Lipinski definition) is 1. The largest absolute Gasteiger partial charge is 0.384 e. The van der Waals surface area contributed by atoms with Crippen molar-refractivity contribution in [2.45, 2.75) is 71.8 Å². The molecule has 1 aromatic heterocycles. The van der Waals surface area contributed by atoms with Gasteiger partial charge in [-0.15, -0.1) is 0 Å². The van der Waals surface area contributed by atoms with Crippen molar-refractivity contribution in [2.75, 3.05) is 26.2 Å². The molecule has 0 atom stereocenters. The number of fused-ring (bicyclic) bond motifs is 2.